The van der Waals surface area contributed by atoms with Crippen molar-refractivity contribution in [1.82, 2.24) is 92.1 Å². The molecule has 7 aliphatic rings. The number of ether oxygens (including phenoxy) is 5. The number of ketones is 5. The molecule has 148 heavy (non-hydrogen) atoms. The SMILES string of the molecule is C#CC(O)C(C)=O.CC(=O)C(N=[N+]=[N-])c1cn(Cc2ccccc2)nn1.CC(=O)C(NC(=O)OC(C)(C)C)c1cn[nH]n1.CC(=O)C(O)C1CN(Cc2ccccc2)N=N1.CC(=O)C(OS(C)(=O)=O)C1CN(Cc2ccccc2)N=N1.CC(C)(C)OC(=O)NC(C(=O)O)c1cn[nH]n1.Cc1c(CCB2O[C@@H]3C[C@@H]4C[C@@H](C4(C)C)[C@]3(C)O2)ccc(OC2CN(C(=O)C(NC(=O)OC(C)(C)C)c3cn[nH]n3)C2)c1C(=O)OC(C)(C)C. The zero-order valence-electron chi connectivity index (χ0n) is 86.9. The minimum atomic E-state index is -3.72. The van der Waals surface area contributed by atoms with E-state index in [0.29, 0.717) is 80.0 Å². The van der Waals surface area contributed by atoms with E-state index in [1.807, 2.05) is 137 Å². The average Bonchev–Trinajstić information content (AvgIpc) is 1.45. The minimum absolute atomic E-state index is 0.100. The largest absolute Gasteiger partial charge is 0.486 e. The molecule has 2 bridgehead atoms. The van der Waals surface area contributed by atoms with Crippen molar-refractivity contribution in [1.29, 1.82) is 0 Å². The van der Waals surface area contributed by atoms with Crippen molar-refractivity contribution in [3.8, 4) is 18.1 Å². The average molecular weight is 2080 g/mol. The number of carbonyl (C=O) groups is 11. The number of aromatic nitrogens is 12. The van der Waals surface area contributed by atoms with Gasteiger partial charge >= 0.3 is 37.3 Å². The summed E-state index contributed by atoms with van der Waals surface area (Å²) in [5.41, 5.74) is 12.1. The first kappa shape index (κ1) is 119. The number of azide groups is 1. The van der Waals surface area contributed by atoms with Crippen LogP contribution in [0, 0.1) is 36.5 Å². The first-order valence-electron chi connectivity index (χ1n) is 47.3. The molecule has 0 radical (unpaired) electrons. The number of carbonyl (C=O) groups excluding carboxylic acids is 10. The summed E-state index contributed by atoms with van der Waals surface area (Å²) < 4.78 is 69.5. The van der Waals surface area contributed by atoms with Crippen LogP contribution in [0.4, 0.5) is 14.4 Å². The number of aromatic amines is 3. The predicted octanol–water partition coefficient (Wildman–Crippen LogP) is 10.8. The van der Waals surface area contributed by atoms with Crippen molar-refractivity contribution in [3.63, 3.8) is 0 Å². The molecule has 5 fully saturated rings. The van der Waals surface area contributed by atoms with Crippen molar-refractivity contribution >= 4 is 82.3 Å². The maximum absolute atomic E-state index is 13.6. The van der Waals surface area contributed by atoms with Gasteiger partial charge in [0.15, 0.2) is 47.4 Å². The lowest BCUT2D eigenvalue weighted by atomic mass is 9.43. The number of H-pyrrole nitrogens is 3. The summed E-state index contributed by atoms with van der Waals surface area (Å²) in [6, 6.07) is 27.9. The molecule has 9 N–H and O–H groups in total. The third-order valence-corrected chi connectivity index (χ3v) is 23.7. The number of likely N-dealkylation sites (tertiary alicyclic amines) is 1. The summed E-state index contributed by atoms with van der Waals surface area (Å²) in [5.74, 6) is -0.198. The van der Waals surface area contributed by atoms with Crippen molar-refractivity contribution in [2.45, 2.75) is 285 Å². The van der Waals surface area contributed by atoms with Crippen LogP contribution in [-0.4, -0.2) is 275 Å². The van der Waals surface area contributed by atoms with E-state index in [0.717, 1.165) is 40.5 Å². The Labute approximate surface area is 857 Å². The number of carboxylic acid groups (broad SMARTS) is 1. The number of amides is 4. The molecule has 4 aromatic carbocycles. The Morgan fingerprint density at radius 3 is 1.49 bits per heavy atom. The van der Waals surface area contributed by atoms with Crippen LogP contribution in [0.25, 0.3) is 10.4 Å². The number of aryl methyl sites for hydroxylation is 1. The number of terminal acetylenes is 1. The normalized spacial score (nSPS) is 19.1. The number of esters is 1. The Hall–Kier alpha value is -14.7. The maximum atomic E-state index is 13.6. The number of hydrogen-bond donors (Lipinski definition) is 9. The van der Waals surface area contributed by atoms with Crippen LogP contribution in [0.1, 0.15) is 236 Å². The number of aliphatic hydroxyl groups is 2. The molecular weight excluding hydrogens is 1940 g/mol. The fourth-order valence-corrected chi connectivity index (χ4v) is 16.6. The number of aliphatic carboxylic acids is 1. The molecule has 798 valence electrons. The van der Waals surface area contributed by atoms with Crippen LogP contribution in [0.2, 0.25) is 6.32 Å². The van der Waals surface area contributed by atoms with E-state index in [2.05, 4.69) is 130 Å². The molecule has 2 saturated heterocycles. The van der Waals surface area contributed by atoms with E-state index >= 15 is 0 Å². The summed E-state index contributed by atoms with van der Waals surface area (Å²) >= 11 is 0. The number of aliphatic hydroxyl groups excluding tert-OH is 2. The van der Waals surface area contributed by atoms with Crippen molar-refractivity contribution in [3.05, 3.63) is 195 Å². The predicted molar refractivity (Wildman–Crippen MR) is 531 cm³/mol. The topological polar surface area (TPSA) is 656 Å². The molecule has 51 heteroatoms. The highest BCUT2D eigenvalue weighted by atomic mass is 32.2. The first-order valence-corrected chi connectivity index (χ1v) is 49.1. The summed E-state index contributed by atoms with van der Waals surface area (Å²) in [6.45, 7) is 39.5. The van der Waals surface area contributed by atoms with Crippen LogP contribution in [0.3, 0.4) is 0 Å². The van der Waals surface area contributed by atoms with Gasteiger partial charge in [-0.3, -0.25) is 43.0 Å². The zero-order valence-corrected chi connectivity index (χ0v) is 87.7. The van der Waals surface area contributed by atoms with Gasteiger partial charge < -0.3 is 69.2 Å². The molecule has 13 atom stereocenters. The van der Waals surface area contributed by atoms with Gasteiger partial charge in [0.05, 0.1) is 88.1 Å². The van der Waals surface area contributed by atoms with Crippen LogP contribution in [-0.2, 0) is 102 Å². The van der Waals surface area contributed by atoms with E-state index in [1.54, 1.807) is 88.1 Å². The van der Waals surface area contributed by atoms with E-state index < -0.39 is 117 Å². The number of Topliss-reactive ketones (excluding diaryl/α,β-unsaturated/α-hetero) is 5. The molecule has 3 saturated carbocycles. The molecule has 4 amide bonds. The summed E-state index contributed by atoms with van der Waals surface area (Å²) in [6.07, 6.45) is 8.85. The number of rotatable bonds is 31. The van der Waals surface area contributed by atoms with Gasteiger partial charge in [0, 0.05) is 11.1 Å². The Bertz CT molecular complexity index is 6000. The monoisotopic (exact) mass is 2070 g/mol. The zero-order chi connectivity index (χ0) is 110. The first-order chi connectivity index (χ1) is 69.2. The molecule has 49 nitrogen and oxygen atoms in total. The number of carboxylic acids is 1. The van der Waals surface area contributed by atoms with Crippen molar-refractivity contribution in [2.24, 2.45) is 43.0 Å². The Morgan fingerprint density at radius 2 is 1.07 bits per heavy atom. The Morgan fingerprint density at radius 1 is 0.608 bits per heavy atom. The number of benzene rings is 4. The number of nitrogens with one attached hydrogen (secondary N) is 6. The molecule has 3 aliphatic carbocycles. The fraction of sp³-hybridized carbons (Fsp3) is 0.536. The Balaban J connectivity index is 0.000000229. The van der Waals surface area contributed by atoms with Gasteiger partial charge in [0.1, 0.15) is 93.0 Å². The molecule has 15 rings (SSSR count). The van der Waals surface area contributed by atoms with Gasteiger partial charge in [-0.05, 0) is 214 Å². The van der Waals surface area contributed by atoms with Crippen LogP contribution >= 0.6 is 0 Å². The van der Waals surface area contributed by atoms with Crippen LogP contribution < -0.4 is 20.7 Å². The van der Waals surface area contributed by atoms with Crippen LogP contribution in [0.15, 0.2) is 154 Å². The lowest BCUT2D eigenvalue weighted by Crippen LogP contribution is -2.65. The highest BCUT2D eigenvalue weighted by molar-refractivity contribution is 7.86. The van der Waals surface area contributed by atoms with Crippen molar-refractivity contribution < 1.29 is 114 Å². The third-order valence-electron chi connectivity index (χ3n) is 23.1. The van der Waals surface area contributed by atoms with E-state index in [1.165, 1.54) is 59.6 Å². The quantitative estimate of drug-likeness (QED) is 0.00285. The standard InChI is InChI=1S/C36H52BN5O8.C13H17N3O4S.C12H12N6O.C12H15N3O2.C10H16N4O3.C9H14N4O4.C5H6O2/c1-20-21(13-14-37-49-27-16-22-15-26(35(22,8)9)36(27,10)50-37)11-12-25(28(20)31(44)47-33(2,3)4)46-23-18-42(19-23)30(43)29(24-17-38-41-40-24)39-32(45)48-34(5,6)7;1-10(17)13(20-21(2,18)19)12-9-16(15-14-12)8-11-6-4-3-5-7-11;1-9(19)12(15-16-13)11-8-18(17-14-11)7-10-5-3-2-4-6-10;1-9(16)12(17)11-8-15(14-13-11)7-10-5-3-2-4-6-10;1-6(15)8(7-5-11-14-13-7)12-9(16)17-10(2,3)4;1-9(2,3)17-8(16)11-6(7(14)15)5-4-10-13-12-5;1-3-5(7)4(2)6/h11-12,17,22-23,26-27,29H,13-16,18-19H2,1-10H3,(H,39,45)(H,38,40,41);3-7,12-13H,8-9H2,1-2H3;2-6,8,12H,7H2,1H3;2-6,11-12,17H,7-8H2,1H3;5,8H,1-4H3,(H,12,16)(H,11,13,14);4,6H,1-3H3,(H,11,16)(H,14,15)(H,10,12,13);1,5,7H,2H3/t22-,26-,27+,29?,36-;;;;;;/m0....../s1. The highest BCUT2D eigenvalue weighted by Crippen LogP contribution is 2.66. The van der Waals surface area contributed by atoms with Gasteiger partial charge in [-0.15, -0.1) is 11.5 Å². The van der Waals surface area contributed by atoms with Gasteiger partial charge in [0.2, 0.25) is 0 Å². The lowest BCUT2D eigenvalue weighted by molar-refractivity contribution is -0.199. The second-order valence-corrected chi connectivity index (χ2v) is 41.9. The third kappa shape index (κ3) is 36.7. The van der Waals surface area contributed by atoms with Gasteiger partial charge in [0.25, 0.3) is 16.0 Å². The van der Waals surface area contributed by atoms with Gasteiger partial charge in [-0.25, -0.2) is 28.7 Å². The van der Waals surface area contributed by atoms with E-state index in [-0.39, 0.29) is 89.6 Å². The molecule has 4 aliphatic heterocycles. The molecule has 4 aromatic heterocycles. The highest BCUT2D eigenvalue weighted by Gasteiger charge is 2.68. The number of alkyl carbamates (subject to hydrolysis) is 3. The maximum Gasteiger partial charge on any atom is 0.457 e. The van der Waals surface area contributed by atoms with Gasteiger partial charge in [-0.2, -0.15) is 64.9 Å². The molecular formula is C97H132BN25O24S. The molecule has 8 heterocycles. The summed E-state index contributed by atoms with van der Waals surface area (Å²) in [7, 11) is -4.02. The van der Waals surface area contributed by atoms with E-state index in [9.17, 15) is 66.3 Å². The number of nitrogens with zero attached hydrogens (tertiary/aromatic N) is 19. The fourth-order valence-electron chi connectivity index (χ4n) is 15.9. The van der Waals surface area contributed by atoms with Gasteiger partial charge in [-0.1, -0.05) is 138 Å². The van der Waals surface area contributed by atoms with Crippen molar-refractivity contribution in [2.75, 3.05) is 32.4 Å². The second kappa shape index (κ2) is 52.6. The molecule has 9 unspecified atom stereocenters. The molecule has 8 aromatic rings. The summed E-state index contributed by atoms with van der Waals surface area (Å²) in [4.78, 5) is 133. The second-order valence-electron chi connectivity index (χ2n) is 40.3. The van der Waals surface area contributed by atoms with Crippen LogP contribution in [0.5, 0.6) is 5.75 Å². The summed E-state index contributed by atoms with van der Waals surface area (Å²) in [5, 5.41) is 94.0. The smallest absolute Gasteiger partial charge is 0.457 e. The minimum Gasteiger partial charge on any atom is -0.486 e. The number of hydrogen-bond acceptors (Lipinski definition) is 38. The lowest BCUT2D eigenvalue weighted by Gasteiger charge is -2.64. The Kier molecular flexibility index (Phi) is 42.1. The van der Waals surface area contributed by atoms with E-state index in [4.69, 9.17) is 52.9 Å². The molecule has 0 spiro atoms.